The van der Waals surface area contributed by atoms with Gasteiger partial charge >= 0.3 is 6.03 Å². The van der Waals surface area contributed by atoms with Crippen molar-refractivity contribution in [3.8, 4) is 0 Å². The number of nitrogens with one attached hydrogen (secondary N) is 2. The topological polar surface area (TPSA) is 61.0 Å². The molecule has 3 aromatic rings. The number of carbonyl (C=O) groups is 1. The maximum Gasteiger partial charge on any atom is 0.326 e. The van der Waals surface area contributed by atoms with Crippen LogP contribution in [0.3, 0.4) is 0 Å². The van der Waals surface area contributed by atoms with E-state index >= 15 is 0 Å². The minimum absolute atomic E-state index is 0.238. The van der Waals surface area contributed by atoms with Crippen LogP contribution in [0.5, 0.6) is 0 Å². The molecule has 0 saturated heterocycles. The molecule has 0 radical (unpaired) electrons. The zero-order valence-corrected chi connectivity index (χ0v) is 13.0. The summed E-state index contributed by atoms with van der Waals surface area (Å²) >= 11 is 5.92. The lowest BCUT2D eigenvalue weighted by Gasteiger charge is -2.18. The van der Waals surface area contributed by atoms with Gasteiger partial charge in [0.2, 0.25) is 0 Å². The second-order valence-electron chi connectivity index (χ2n) is 5.02. The van der Waals surface area contributed by atoms with Crippen molar-refractivity contribution < 1.29 is 4.79 Å². The Morgan fingerprint density at radius 2 is 2.09 bits per heavy atom. The maximum absolute atomic E-state index is 12.3. The number of benzene rings is 2. The summed E-state index contributed by atoms with van der Waals surface area (Å²) in [5, 5.41) is 3.39. The Kier molecular flexibility index (Phi) is 3.73. The van der Waals surface area contributed by atoms with Crippen molar-refractivity contribution in [1.82, 2.24) is 9.97 Å². The average molecular weight is 315 g/mol. The molecule has 1 aromatic heterocycles. The van der Waals surface area contributed by atoms with E-state index in [0.717, 1.165) is 22.5 Å². The van der Waals surface area contributed by atoms with Gasteiger partial charge in [0.25, 0.3) is 0 Å². The summed E-state index contributed by atoms with van der Waals surface area (Å²) in [7, 11) is 1.71. The van der Waals surface area contributed by atoms with Crippen LogP contribution in [0.25, 0.3) is 11.0 Å². The summed E-state index contributed by atoms with van der Waals surface area (Å²) in [6.07, 6.45) is 0. The van der Waals surface area contributed by atoms with E-state index in [1.807, 2.05) is 25.1 Å². The second-order valence-corrected chi connectivity index (χ2v) is 5.46. The Morgan fingerprint density at radius 1 is 1.27 bits per heavy atom. The quantitative estimate of drug-likeness (QED) is 0.745. The summed E-state index contributed by atoms with van der Waals surface area (Å²) in [6, 6.07) is 12.4. The Morgan fingerprint density at radius 3 is 2.86 bits per heavy atom. The highest BCUT2D eigenvalue weighted by atomic mass is 35.5. The first-order chi connectivity index (χ1) is 10.5. The number of carbonyl (C=O) groups excluding carboxylic acids is 1. The Bertz CT molecular complexity index is 843. The van der Waals surface area contributed by atoms with Crippen LogP contribution in [-0.2, 0) is 0 Å². The molecular formula is C16H15ClN4O. The first-order valence-corrected chi connectivity index (χ1v) is 7.17. The fourth-order valence-electron chi connectivity index (χ4n) is 2.22. The van der Waals surface area contributed by atoms with E-state index in [-0.39, 0.29) is 6.03 Å². The molecule has 22 heavy (non-hydrogen) atoms. The molecule has 0 unspecified atom stereocenters. The molecule has 0 aliphatic rings. The van der Waals surface area contributed by atoms with Crippen molar-refractivity contribution in [3.63, 3.8) is 0 Å². The van der Waals surface area contributed by atoms with Crippen LogP contribution in [0.4, 0.5) is 16.2 Å². The molecule has 2 N–H and O–H groups in total. The fraction of sp³-hybridized carbons (Fsp3) is 0.125. The number of nitrogens with zero attached hydrogens (tertiary/aromatic N) is 2. The van der Waals surface area contributed by atoms with E-state index in [1.54, 1.807) is 31.3 Å². The van der Waals surface area contributed by atoms with Crippen LogP contribution in [0, 0.1) is 6.92 Å². The molecule has 0 fully saturated rings. The van der Waals surface area contributed by atoms with Gasteiger partial charge in [0.1, 0.15) is 5.82 Å². The third-order valence-electron chi connectivity index (χ3n) is 3.35. The number of imidazole rings is 1. The van der Waals surface area contributed by atoms with Crippen LogP contribution in [0.15, 0.2) is 42.5 Å². The van der Waals surface area contributed by atoms with Gasteiger partial charge < -0.3 is 10.3 Å². The predicted molar refractivity (Wildman–Crippen MR) is 89.7 cm³/mol. The summed E-state index contributed by atoms with van der Waals surface area (Å²) in [5.74, 6) is 0.846. The van der Waals surface area contributed by atoms with Gasteiger partial charge in [-0.25, -0.2) is 9.78 Å². The SMILES string of the molecule is Cc1nc2ccc(N(C)C(=O)Nc3cccc(Cl)c3)cc2[nH]1. The van der Waals surface area contributed by atoms with Crippen molar-refractivity contribution in [2.45, 2.75) is 6.92 Å². The molecule has 0 bridgehead atoms. The highest BCUT2D eigenvalue weighted by Crippen LogP contribution is 2.21. The molecule has 3 rings (SSSR count). The van der Waals surface area contributed by atoms with Crippen LogP contribution < -0.4 is 10.2 Å². The van der Waals surface area contributed by atoms with Crippen LogP contribution >= 0.6 is 11.6 Å². The average Bonchev–Trinajstić information content (AvgIpc) is 2.85. The summed E-state index contributed by atoms with van der Waals surface area (Å²) in [5.41, 5.74) is 3.21. The molecule has 2 amide bonds. The van der Waals surface area contributed by atoms with Crippen molar-refractivity contribution in [2.24, 2.45) is 0 Å². The second kappa shape index (κ2) is 5.69. The molecule has 0 atom stereocenters. The number of fused-ring (bicyclic) bond motifs is 1. The van der Waals surface area contributed by atoms with E-state index in [1.165, 1.54) is 4.90 Å². The Labute approximate surface area is 132 Å². The maximum atomic E-state index is 12.3. The molecule has 0 aliphatic carbocycles. The normalized spacial score (nSPS) is 10.7. The number of amides is 2. The third kappa shape index (κ3) is 2.89. The number of hydrogen-bond acceptors (Lipinski definition) is 2. The molecule has 1 heterocycles. The highest BCUT2D eigenvalue weighted by Gasteiger charge is 2.12. The summed E-state index contributed by atoms with van der Waals surface area (Å²) in [6.45, 7) is 1.90. The molecule has 2 aromatic carbocycles. The van der Waals surface area contributed by atoms with E-state index in [0.29, 0.717) is 10.7 Å². The van der Waals surface area contributed by atoms with E-state index in [4.69, 9.17) is 11.6 Å². The highest BCUT2D eigenvalue weighted by molar-refractivity contribution is 6.30. The summed E-state index contributed by atoms with van der Waals surface area (Å²) < 4.78 is 0. The van der Waals surface area contributed by atoms with Crippen molar-refractivity contribution in [2.75, 3.05) is 17.3 Å². The van der Waals surface area contributed by atoms with Crippen molar-refractivity contribution in [1.29, 1.82) is 0 Å². The minimum Gasteiger partial charge on any atom is -0.342 e. The van der Waals surface area contributed by atoms with E-state index in [9.17, 15) is 4.79 Å². The van der Waals surface area contributed by atoms with Crippen molar-refractivity contribution >= 4 is 40.0 Å². The number of aryl methyl sites for hydroxylation is 1. The lowest BCUT2D eigenvalue weighted by Crippen LogP contribution is -2.31. The van der Waals surface area contributed by atoms with Gasteiger partial charge in [-0.15, -0.1) is 0 Å². The zero-order valence-electron chi connectivity index (χ0n) is 12.2. The number of aromatic nitrogens is 2. The minimum atomic E-state index is -0.238. The van der Waals surface area contributed by atoms with Gasteiger partial charge in [-0.1, -0.05) is 17.7 Å². The smallest absolute Gasteiger partial charge is 0.326 e. The summed E-state index contributed by atoms with van der Waals surface area (Å²) in [4.78, 5) is 21.4. The molecular weight excluding hydrogens is 300 g/mol. The van der Waals surface area contributed by atoms with Gasteiger partial charge in [-0.2, -0.15) is 0 Å². The van der Waals surface area contributed by atoms with Gasteiger partial charge in [-0.05, 0) is 43.3 Å². The number of aromatic amines is 1. The number of urea groups is 1. The van der Waals surface area contributed by atoms with E-state index < -0.39 is 0 Å². The lowest BCUT2D eigenvalue weighted by molar-refractivity contribution is 0.258. The zero-order chi connectivity index (χ0) is 15.7. The van der Waals surface area contributed by atoms with Gasteiger partial charge in [-0.3, -0.25) is 4.90 Å². The number of hydrogen-bond donors (Lipinski definition) is 2. The number of anilines is 2. The number of halogens is 1. The predicted octanol–water partition coefficient (Wildman–Crippen LogP) is 4.19. The van der Waals surface area contributed by atoms with Crippen LogP contribution in [0.2, 0.25) is 5.02 Å². The van der Waals surface area contributed by atoms with Gasteiger partial charge in [0.05, 0.1) is 11.0 Å². The number of H-pyrrole nitrogens is 1. The lowest BCUT2D eigenvalue weighted by atomic mass is 10.2. The standard InChI is InChI=1S/C16H15ClN4O/c1-10-18-14-7-6-13(9-15(14)19-10)21(2)16(22)20-12-5-3-4-11(17)8-12/h3-9H,1-2H3,(H,18,19)(H,20,22). The monoisotopic (exact) mass is 314 g/mol. The van der Waals surface area contributed by atoms with Crippen LogP contribution in [-0.4, -0.2) is 23.0 Å². The molecule has 0 saturated carbocycles. The van der Waals surface area contributed by atoms with Crippen LogP contribution in [0.1, 0.15) is 5.82 Å². The Hall–Kier alpha value is -2.53. The molecule has 5 nitrogen and oxygen atoms in total. The molecule has 112 valence electrons. The molecule has 6 heteroatoms. The van der Waals surface area contributed by atoms with Crippen molar-refractivity contribution in [3.05, 3.63) is 53.3 Å². The fourth-order valence-corrected chi connectivity index (χ4v) is 2.41. The molecule has 0 spiro atoms. The van der Waals surface area contributed by atoms with Gasteiger partial charge in [0.15, 0.2) is 0 Å². The third-order valence-corrected chi connectivity index (χ3v) is 3.59. The largest absolute Gasteiger partial charge is 0.342 e. The van der Waals surface area contributed by atoms with E-state index in [2.05, 4.69) is 15.3 Å². The number of rotatable bonds is 2. The first kappa shape index (κ1) is 14.4. The molecule has 0 aliphatic heterocycles. The Balaban J connectivity index is 1.81. The first-order valence-electron chi connectivity index (χ1n) is 6.79. The van der Waals surface area contributed by atoms with Gasteiger partial charge in [0, 0.05) is 23.4 Å².